The first kappa shape index (κ1) is 12.0. The molecule has 1 unspecified atom stereocenters. The van der Waals surface area contributed by atoms with Crippen molar-refractivity contribution in [3.63, 3.8) is 0 Å². The highest BCUT2D eigenvalue weighted by molar-refractivity contribution is 5.93. The minimum atomic E-state index is -0.487. The van der Waals surface area contributed by atoms with E-state index in [0.717, 1.165) is 5.69 Å². The number of benzene rings is 1. The van der Waals surface area contributed by atoms with Gasteiger partial charge < -0.3 is 20.3 Å². The van der Waals surface area contributed by atoms with Crippen molar-refractivity contribution in [2.45, 2.75) is 6.10 Å². The van der Waals surface area contributed by atoms with Crippen molar-refractivity contribution in [3.8, 4) is 0 Å². The number of likely N-dealkylation sites (N-methyl/N-ethyl adjacent to an activating group) is 1. The molecule has 4 nitrogen and oxygen atoms in total. The molecule has 3 N–H and O–H groups in total. The van der Waals surface area contributed by atoms with Gasteiger partial charge in [-0.3, -0.25) is 0 Å². The Labute approximate surface area is 101 Å². The van der Waals surface area contributed by atoms with Crippen LogP contribution in [-0.2, 0) is 7.05 Å². The smallest absolute Gasteiger partial charge is 0.0836 e. The zero-order valence-corrected chi connectivity index (χ0v) is 10.3. The Morgan fingerprint density at radius 3 is 2.82 bits per heavy atom. The van der Waals surface area contributed by atoms with E-state index >= 15 is 0 Å². The summed E-state index contributed by atoms with van der Waals surface area (Å²) in [4.78, 5) is 2.04. The number of aryl methyl sites for hydroxylation is 1. The number of aromatic nitrogens is 1. The van der Waals surface area contributed by atoms with Crippen LogP contribution in [0.25, 0.3) is 10.9 Å². The summed E-state index contributed by atoms with van der Waals surface area (Å²) < 4.78 is 2.09. The molecule has 0 saturated carbocycles. The predicted molar refractivity (Wildman–Crippen MR) is 71.3 cm³/mol. The summed E-state index contributed by atoms with van der Waals surface area (Å²) in [6, 6.07) is 8.24. The summed E-state index contributed by atoms with van der Waals surface area (Å²) in [5.74, 6) is 0. The van der Waals surface area contributed by atoms with Crippen molar-refractivity contribution >= 4 is 16.6 Å². The second-order valence-corrected chi connectivity index (χ2v) is 4.41. The normalized spacial score (nSPS) is 12.9. The van der Waals surface area contributed by atoms with Crippen LogP contribution >= 0.6 is 0 Å². The van der Waals surface area contributed by atoms with Crippen molar-refractivity contribution < 1.29 is 5.11 Å². The SMILES string of the molecule is CN(CC(O)CN)c1cn(C)c2ccccc12. The first-order valence-electron chi connectivity index (χ1n) is 5.77. The van der Waals surface area contributed by atoms with Crippen LogP contribution in [0.4, 0.5) is 5.69 Å². The van der Waals surface area contributed by atoms with Crippen LogP contribution in [0.5, 0.6) is 0 Å². The van der Waals surface area contributed by atoms with E-state index in [1.165, 1.54) is 10.9 Å². The van der Waals surface area contributed by atoms with E-state index in [2.05, 4.69) is 22.9 Å². The molecule has 0 aliphatic rings. The molecule has 1 heterocycles. The lowest BCUT2D eigenvalue weighted by molar-refractivity contribution is 0.189. The molecule has 0 aliphatic heterocycles. The number of rotatable bonds is 4. The van der Waals surface area contributed by atoms with Crippen molar-refractivity contribution in [1.29, 1.82) is 0 Å². The molecule has 0 spiro atoms. The third kappa shape index (κ3) is 2.28. The highest BCUT2D eigenvalue weighted by Gasteiger charge is 2.12. The molecular formula is C13H19N3O. The minimum absolute atomic E-state index is 0.287. The van der Waals surface area contributed by atoms with Crippen molar-refractivity contribution in [1.82, 2.24) is 4.57 Å². The van der Waals surface area contributed by atoms with E-state index in [4.69, 9.17) is 5.73 Å². The van der Waals surface area contributed by atoms with Crippen LogP contribution in [0, 0.1) is 0 Å². The molecule has 0 amide bonds. The number of nitrogens with zero attached hydrogens (tertiary/aromatic N) is 2. The van der Waals surface area contributed by atoms with Gasteiger partial charge in [0.05, 0.1) is 11.8 Å². The average molecular weight is 233 g/mol. The quantitative estimate of drug-likeness (QED) is 0.826. The summed E-state index contributed by atoms with van der Waals surface area (Å²) in [5.41, 5.74) is 7.75. The van der Waals surface area contributed by atoms with Crippen molar-refractivity contribution in [3.05, 3.63) is 30.5 Å². The molecule has 1 atom stereocenters. The second kappa shape index (κ2) is 4.77. The van der Waals surface area contributed by atoms with Gasteiger partial charge in [0, 0.05) is 44.3 Å². The molecule has 1 aromatic heterocycles. The van der Waals surface area contributed by atoms with Gasteiger partial charge in [-0.05, 0) is 6.07 Å². The third-order valence-corrected chi connectivity index (χ3v) is 3.04. The zero-order valence-electron chi connectivity index (χ0n) is 10.3. The molecule has 2 rings (SSSR count). The van der Waals surface area contributed by atoms with E-state index < -0.39 is 6.10 Å². The monoisotopic (exact) mass is 233 g/mol. The lowest BCUT2D eigenvalue weighted by Crippen LogP contribution is -2.34. The summed E-state index contributed by atoms with van der Waals surface area (Å²) in [7, 11) is 4.00. The average Bonchev–Trinajstić information content (AvgIpc) is 2.67. The van der Waals surface area contributed by atoms with Gasteiger partial charge in [-0.25, -0.2) is 0 Å². The van der Waals surface area contributed by atoms with E-state index in [0.29, 0.717) is 6.54 Å². The number of aliphatic hydroxyl groups is 1. The Kier molecular flexibility index (Phi) is 3.36. The Hall–Kier alpha value is -1.52. The third-order valence-electron chi connectivity index (χ3n) is 3.04. The van der Waals surface area contributed by atoms with Crippen molar-refractivity contribution in [2.75, 3.05) is 25.0 Å². The standard InChI is InChI=1S/C13H19N3O/c1-15(8-10(17)7-14)13-9-16(2)12-6-4-3-5-11(12)13/h3-6,9-10,17H,7-8,14H2,1-2H3. The second-order valence-electron chi connectivity index (χ2n) is 4.41. The summed E-state index contributed by atoms with van der Waals surface area (Å²) >= 11 is 0. The number of anilines is 1. The number of hydrogen-bond donors (Lipinski definition) is 2. The minimum Gasteiger partial charge on any atom is -0.390 e. The summed E-state index contributed by atoms with van der Waals surface area (Å²) in [6.45, 7) is 0.833. The number of hydrogen-bond acceptors (Lipinski definition) is 3. The topological polar surface area (TPSA) is 54.4 Å². The van der Waals surface area contributed by atoms with Gasteiger partial charge in [0.1, 0.15) is 0 Å². The Morgan fingerprint density at radius 1 is 1.41 bits per heavy atom. The molecule has 1 aromatic carbocycles. The summed E-state index contributed by atoms with van der Waals surface area (Å²) in [5, 5.41) is 10.8. The predicted octanol–water partition coefficient (Wildman–Crippen LogP) is 0.934. The Bertz CT molecular complexity index is 506. The molecule has 4 heteroatoms. The molecule has 2 aromatic rings. The van der Waals surface area contributed by atoms with Gasteiger partial charge >= 0.3 is 0 Å². The van der Waals surface area contributed by atoms with Crippen LogP contribution in [-0.4, -0.2) is 35.9 Å². The first-order valence-corrected chi connectivity index (χ1v) is 5.77. The van der Waals surface area contributed by atoms with E-state index in [1.54, 1.807) is 0 Å². The highest BCUT2D eigenvalue weighted by Crippen LogP contribution is 2.27. The zero-order chi connectivity index (χ0) is 12.4. The fraction of sp³-hybridized carbons (Fsp3) is 0.385. The maximum absolute atomic E-state index is 9.60. The van der Waals surface area contributed by atoms with Crippen LogP contribution in [0.15, 0.2) is 30.5 Å². The largest absolute Gasteiger partial charge is 0.390 e. The van der Waals surface area contributed by atoms with Gasteiger partial charge in [0.25, 0.3) is 0 Å². The number of para-hydroxylation sites is 1. The van der Waals surface area contributed by atoms with Crippen LogP contribution in [0.3, 0.4) is 0 Å². The van der Waals surface area contributed by atoms with E-state index in [-0.39, 0.29) is 6.54 Å². The molecule has 92 valence electrons. The Balaban J connectivity index is 2.35. The number of aliphatic hydroxyl groups excluding tert-OH is 1. The molecule has 17 heavy (non-hydrogen) atoms. The van der Waals surface area contributed by atoms with Gasteiger partial charge in [0.2, 0.25) is 0 Å². The summed E-state index contributed by atoms with van der Waals surface area (Å²) in [6.07, 6.45) is 1.59. The molecule has 0 radical (unpaired) electrons. The number of fused-ring (bicyclic) bond motifs is 1. The highest BCUT2D eigenvalue weighted by atomic mass is 16.3. The van der Waals surface area contributed by atoms with Gasteiger partial charge in [-0.2, -0.15) is 0 Å². The van der Waals surface area contributed by atoms with Crippen LogP contribution in [0.2, 0.25) is 0 Å². The van der Waals surface area contributed by atoms with E-state index in [1.807, 2.05) is 31.1 Å². The molecular weight excluding hydrogens is 214 g/mol. The molecule has 0 saturated heterocycles. The van der Waals surface area contributed by atoms with Crippen LogP contribution < -0.4 is 10.6 Å². The van der Waals surface area contributed by atoms with Crippen molar-refractivity contribution in [2.24, 2.45) is 12.8 Å². The molecule has 0 fully saturated rings. The Morgan fingerprint density at radius 2 is 2.12 bits per heavy atom. The molecule has 0 aliphatic carbocycles. The fourth-order valence-electron chi connectivity index (χ4n) is 2.11. The fourth-order valence-corrected chi connectivity index (χ4v) is 2.11. The lowest BCUT2D eigenvalue weighted by Gasteiger charge is -2.21. The molecule has 0 bridgehead atoms. The van der Waals surface area contributed by atoms with Gasteiger partial charge in [-0.1, -0.05) is 18.2 Å². The number of nitrogens with two attached hydrogens (primary N) is 1. The maximum Gasteiger partial charge on any atom is 0.0836 e. The van der Waals surface area contributed by atoms with Gasteiger partial charge in [-0.15, -0.1) is 0 Å². The first-order chi connectivity index (χ1) is 8.13. The van der Waals surface area contributed by atoms with Gasteiger partial charge in [0.15, 0.2) is 0 Å². The van der Waals surface area contributed by atoms with Crippen LogP contribution in [0.1, 0.15) is 0 Å². The lowest BCUT2D eigenvalue weighted by atomic mass is 10.2. The van der Waals surface area contributed by atoms with E-state index in [9.17, 15) is 5.11 Å². The maximum atomic E-state index is 9.60.